The molecular weight excluding hydrogens is 242 g/mol. The Morgan fingerprint density at radius 3 is 2.50 bits per heavy atom. The first kappa shape index (κ1) is 17.3. The lowest BCUT2D eigenvalue weighted by atomic mass is 9.88. The topological polar surface area (TPSA) is 3.24 Å². The largest absolute Gasteiger partial charge is 0.369 e. The Labute approximate surface area is 127 Å². The Balaban J connectivity index is 3.00. The van der Waals surface area contributed by atoms with Crippen molar-refractivity contribution < 1.29 is 0 Å². The van der Waals surface area contributed by atoms with E-state index in [9.17, 15) is 0 Å². The third kappa shape index (κ3) is 4.40. The van der Waals surface area contributed by atoms with Crippen molar-refractivity contribution in [1.82, 2.24) is 4.90 Å². The molecule has 0 N–H and O–H groups in total. The van der Waals surface area contributed by atoms with Crippen LogP contribution in [0.1, 0.15) is 79.6 Å². The summed E-state index contributed by atoms with van der Waals surface area (Å²) in [4.78, 5) is 2.72. The average molecular weight is 277 g/mol. The van der Waals surface area contributed by atoms with E-state index in [1.165, 1.54) is 51.5 Å². The molecule has 0 amide bonds. The quantitative estimate of drug-likeness (QED) is 0.505. The highest BCUT2D eigenvalue weighted by atomic mass is 15.2. The van der Waals surface area contributed by atoms with Gasteiger partial charge in [-0.05, 0) is 49.7 Å². The highest BCUT2D eigenvalue weighted by Gasteiger charge is 2.23. The molecule has 1 aliphatic carbocycles. The van der Waals surface area contributed by atoms with Gasteiger partial charge in [-0.3, -0.25) is 0 Å². The monoisotopic (exact) mass is 277 g/mol. The molecule has 1 heteroatoms. The summed E-state index contributed by atoms with van der Waals surface area (Å²) in [6.07, 6.45) is 13.7. The molecule has 116 valence electrons. The lowest BCUT2D eigenvalue weighted by molar-refractivity contribution is 0.230. The van der Waals surface area contributed by atoms with Gasteiger partial charge in [-0.25, -0.2) is 0 Å². The van der Waals surface area contributed by atoms with Crippen molar-refractivity contribution in [3.63, 3.8) is 0 Å². The van der Waals surface area contributed by atoms with Gasteiger partial charge in [-0.2, -0.15) is 0 Å². The van der Waals surface area contributed by atoms with Gasteiger partial charge in [0.25, 0.3) is 0 Å². The van der Waals surface area contributed by atoms with Crippen LogP contribution in [0, 0.1) is 5.92 Å². The molecule has 0 bridgehead atoms. The molecule has 1 aliphatic rings. The number of allylic oxidation sites excluding steroid dienone is 3. The Kier molecular flexibility index (Phi) is 8.02. The minimum atomic E-state index is 0.724. The highest BCUT2D eigenvalue weighted by Crippen LogP contribution is 2.32. The van der Waals surface area contributed by atoms with Gasteiger partial charge in [0, 0.05) is 18.3 Å². The van der Waals surface area contributed by atoms with Crippen molar-refractivity contribution in [2.75, 3.05) is 6.54 Å². The summed E-state index contributed by atoms with van der Waals surface area (Å²) in [5, 5.41) is 0. The fraction of sp³-hybridized carbons (Fsp3) is 0.789. The maximum Gasteiger partial charge on any atom is 0.0360 e. The van der Waals surface area contributed by atoms with E-state index in [0.717, 1.165) is 12.0 Å². The molecule has 0 saturated heterocycles. The third-order valence-electron chi connectivity index (χ3n) is 4.65. The van der Waals surface area contributed by atoms with Crippen LogP contribution >= 0.6 is 0 Å². The van der Waals surface area contributed by atoms with Gasteiger partial charge in [-0.15, -0.1) is 0 Å². The standard InChI is InChI=1S/C19H35N/c1-6-10-13-17(8-3)20(15-7-2)19-14-11-12-16(5)18(19)9-4/h11,14,16-17H,6-10,12-13,15H2,1-5H3. The number of unbranched alkanes of at least 4 members (excludes halogenated alkanes) is 1. The zero-order valence-electron chi connectivity index (χ0n) is 14.4. The zero-order chi connectivity index (χ0) is 15.0. The minimum absolute atomic E-state index is 0.724. The van der Waals surface area contributed by atoms with Gasteiger partial charge in [0.15, 0.2) is 0 Å². The van der Waals surface area contributed by atoms with Crippen molar-refractivity contribution in [1.29, 1.82) is 0 Å². The summed E-state index contributed by atoms with van der Waals surface area (Å²) in [6.45, 7) is 12.9. The number of rotatable bonds is 9. The summed E-state index contributed by atoms with van der Waals surface area (Å²) in [5.41, 5.74) is 3.23. The molecule has 0 saturated carbocycles. The molecule has 0 fully saturated rings. The number of nitrogens with zero attached hydrogens (tertiary/aromatic N) is 1. The first-order valence-electron chi connectivity index (χ1n) is 8.85. The molecular formula is C19H35N. The van der Waals surface area contributed by atoms with Crippen LogP contribution in [0.25, 0.3) is 0 Å². The highest BCUT2D eigenvalue weighted by molar-refractivity contribution is 5.31. The third-order valence-corrected chi connectivity index (χ3v) is 4.65. The molecule has 0 aromatic carbocycles. The first-order valence-corrected chi connectivity index (χ1v) is 8.85. The molecule has 0 aromatic heterocycles. The molecule has 20 heavy (non-hydrogen) atoms. The molecule has 0 spiro atoms. The average Bonchev–Trinajstić information content (AvgIpc) is 2.46. The lowest BCUT2D eigenvalue weighted by Crippen LogP contribution is -2.36. The van der Waals surface area contributed by atoms with Crippen LogP contribution in [-0.4, -0.2) is 17.5 Å². The van der Waals surface area contributed by atoms with Gasteiger partial charge in [-0.1, -0.05) is 53.5 Å². The summed E-state index contributed by atoms with van der Waals surface area (Å²) >= 11 is 0. The van der Waals surface area contributed by atoms with Gasteiger partial charge in [0.2, 0.25) is 0 Å². The van der Waals surface area contributed by atoms with Crippen molar-refractivity contribution >= 4 is 0 Å². The van der Waals surface area contributed by atoms with Gasteiger partial charge >= 0.3 is 0 Å². The minimum Gasteiger partial charge on any atom is -0.369 e. The van der Waals surface area contributed by atoms with Gasteiger partial charge in [0.05, 0.1) is 0 Å². The van der Waals surface area contributed by atoms with Crippen molar-refractivity contribution in [2.45, 2.75) is 85.6 Å². The van der Waals surface area contributed by atoms with Crippen LogP contribution in [0.15, 0.2) is 23.4 Å². The van der Waals surface area contributed by atoms with Gasteiger partial charge < -0.3 is 4.90 Å². The molecule has 1 nitrogen and oxygen atoms in total. The second-order valence-electron chi connectivity index (χ2n) is 6.20. The van der Waals surface area contributed by atoms with Crippen LogP contribution in [0.5, 0.6) is 0 Å². The SMILES string of the molecule is CCCCC(CC)N(CCC)C1=C(CC)C(C)CC=C1. The van der Waals surface area contributed by atoms with Crippen LogP contribution < -0.4 is 0 Å². The van der Waals surface area contributed by atoms with E-state index < -0.39 is 0 Å². The van der Waals surface area contributed by atoms with E-state index in [2.05, 4.69) is 51.7 Å². The number of hydrogen-bond donors (Lipinski definition) is 0. The van der Waals surface area contributed by atoms with Crippen molar-refractivity contribution in [3.8, 4) is 0 Å². The summed E-state index contributed by atoms with van der Waals surface area (Å²) in [7, 11) is 0. The van der Waals surface area contributed by atoms with E-state index in [4.69, 9.17) is 0 Å². The molecule has 0 aromatic rings. The van der Waals surface area contributed by atoms with E-state index in [1.54, 1.807) is 11.3 Å². The predicted octanol–water partition coefficient (Wildman–Crippen LogP) is 5.93. The first-order chi connectivity index (χ1) is 9.69. The van der Waals surface area contributed by atoms with Crippen LogP contribution in [0.3, 0.4) is 0 Å². The molecule has 1 rings (SSSR count). The van der Waals surface area contributed by atoms with Crippen LogP contribution in [-0.2, 0) is 0 Å². The maximum atomic E-state index is 2.72. The van der Waals surface area contributed by atoms with Crippen molar-refractivity contribution in [2.24, 2.45) is 5.92 Å². The van der Waals surface area contributed by atoms with E-state index in [-0.39, 0.29) is 0 Å². The maximum absolute atomic E-state index is 2.72. The fourth-order valence-corrected chi connectivity index (χ4v) is 3.46. The van der Waals surface area contributed by atoms with E-state index >= 15 is 0 Å². The number of hydrogen-bond acceptors (Lipinski definition) is 1. The normalized spacial score (nSPS) is 20.4. The smallest absolute Gasteiger partial charge is 0.0360 e. The molecule has 0 heterocycles. The molecule has 2 atom stereocenters. The molecule has 2 unspecified atom stereocenters. The predicted molar refractivity (Wildman–Crippen MR) is 90.8 cm³/mol. The Morgan fingerprint density at radius 1 is 1.20 bits per heavy atom. The van der Waals surface area contributed by atoms with Crippen molar-refractivity contribution in [3.05, 3.63) is 23.4 Å². The second-order valence-corrected chi connectivity index (χ2v) is 6.20. The fourth-order valence-electron chi connectivity index (χ4n) is 3.46. The molecule has 0 radical (unpaired) electrons. The Bertz CT molecular complexity index is 327. The Hall–Kier alpha value is -0.720. The molecule has 0 aliphatic heterocycles. The Morgan fingerprint density at radius 2 is 1.95 bits per heavy atom. The zero-order valence-corrected chi connectivity index (χ0v) is 14.4. The second kappa shape index (κ2) is 9.26. The summed E-state index contributed by atoms with van der Waals surface area (Å²) in [5.74, 6) is 0.725. The van der Waals surface area contributed by atoms with Crippen LogP contribution in [0.2, 0.25) is 0 Å². The lowest BCUT2D eigenvalue weighted by Gasteiger charge is -2.38. The summed E-state index contributed by atoms with van der Waals surface area (Å²) < 4.78 is 0. The van der Waals surface area contributed by atoms with Crippen LogP contribution in [0.4, 0.5) is 0 Å². The van der Waals surface area contributed by atoms with Gasteiger partial charge in [0.1, 0.15) is 0 Å². The van der Waals surface area contributed by atoms with E-state index in [0.29, 0.717) is 0 Å². The van der Waals surface area contributed by atoms with E-state index in [1.807, 2.05) is 0 Å². The summed E-state index contributed by atoms with van der Waals surface area (Å²) in [6, 6.07) is 0.724.